The molecule has 6 nitrogen and oxygen atoms in total. The monoisotopic (exact) mass is 332 g/mol. The predicted octanol–water partition coefficient (Wildman–Crippen LogP) is 3.11. The van der Waals surface area contributed by atoms with E-state index >= 15 is 0 Å². The highest BCUT2D eigenvalue weighted by Gasteiger charge is 2.05. The molecule has 0 fully saturated rings. The van der Waals surface area contributed by atoms with E-state index in [-0.39, 0.29) is 5.69 Å². The van der Waals surface area contributed by atoms with Gasteiger partial charge in [-0.25, -0.2) is 0 Å². The van der Waals surface area contributed by atoms with Crippen LogP contribution in [0.1, 0.15) is 11.1 Å². The Morgan fingerprint density at radius 3 is 2.39 bits per heavy atom. The zero-order valence-electron chi connectivity index (χ0n) is 12.6. The minimum atomic E-state index is -0.415. The molecule has 23 heavy (non-hydrogen) atoms. The van der Waals surface area contributed by atoms with Gasteiger partial charge in [-0.2, -0.15) is 0 Å². The normalized spacial score (nSPS) is 11.1. The molecule has 7 heteroatoms. The van der Waals surface area contributed by atoms with E-state index in [4.69, 9.17) is 11.6 Å². The molecule has 0 saturated heterocycles. The minimum absolute atomic E-state index is 0.0787. The Bertz CT molecular complexity index is 701. The van der Waals surface area contributed by atoms with Gasteiger partial charge in [-0.15, -0.1) is 0 Å². The van der Waals surface area contributed by atoms with E-state index in [0.29, 0.717) is 24.1 Å². The highest BCUT2D eigenvalue weighted by molar-refractivity contribution is 6.31. The van der Waals surface area contributed by atoms with Crippen LogP contribution < -0.4 is 10.6 Å². The first-order valence-electron chi connectivity index (χ1n) is 7.01. The lowest BCUT2D eigenvalue weighted by molar-refractivity contribution is -0.384. The Hall–Kier alpha value is -2.60. The smallest absolute Gasteiger partial charge is 0.269 e. The zero-order chi connectivity index (χ0) is 16.7. The number of non-ortho nitro benzene ring substituents is 1. The van der Waals surface area contributed by atoms with Gasteiger partial charge < -0.3 is 10.6 Å². The van der Waals surface area contributed by atoms with Gasteiger partial charge in [0.1, 0.15) is 0 Å². The maximum atomic E-state index is 10.6. The van der Waals surface area contributed by atoms with Gasteiger partial charge in [0.15, 0.2) is 5.96 Å². The lowest BCUT2D eigenvalue weighted by Crippen LogP contribution is -2.36. The van der Waals surface area contributed by atoms with Gasteiger partial charge in [-0.3, -0.25) is 15.1 Å². The number of aliphatic imine (C=N–C) groups is 1. The third-order valence-corrected chi connectivity index (χ3v) is 3.60. The summed E-state index contributed by atoms with van der Waals surface area (Å²) in [4.78, 5) is 14.3. The number of halogens is 1. The van der Waals surface area contributed by atoms with E-state index in [1.807, 2.05) is 24.3 Å². The van der Waals surface area contributed by atoms with Gasteiger partial charge in [0.2, 0.25) is 0 Å². The summed E-state index contributed by atoms with van der Waals surface area (Å²) in [5.74, 6) is 0.628. The Kier molecular flexibility index (Phi) is 5.94. The molecule has 0 bridgehead atoms. The number of benzene rings is 2. The summed E-state index contributed by atoms with van der Waals surface area (Å²) in [6.45, 7) is 1.07. The predicted molar refractivity (Wildman–Crippen MR) is 91.6 cm³/mol. The number of guanidine groups is 1. The first-order valence-corrected chi connectivity index (χ1v) is 7.39. The average molecular weight is 333 g/mol. The highest BCUT2D eigenvalue weighted by Crippen LogP contribution is 2.14. The van der Waals surface area contributed by atoms with Crippen molar-refractivity contribution in [2.45, 2.75) is 13.1 Å². The molecule has 0 aliphatic heterocycles. The van der Waals surface area contributed by atoms with Gasteiger partial charge in [-0.05, 0) is 17.2 Å². The Morgan fingerprint density at radius 1 is 1.13 bits per heavy atom. The van der Waals surface area contributed by atoms with Crippen molar-refractivity contribution in [1.29, 1.82) is 0 Å². The maximum Gasteiger partial charge on any atom is 0.269 e. The van der Waals surface area contributed by atoms with Gasteiger partial charge in [0, 0.05) is 37.3 Å². The number of hydrogen-bond acceptors (Lipinski definition) is 3. The van der Waals surface area contributed by atoms with E-state index in [9.17, 15) is 10.1 Å². The van der Waals surface area contributed by atoms with Gasteiger partial charge in [0.25, 0.3) is 5.69 Å². The van der Waals surface area contributed by atoms with Crippen molar-refractivity contribution in [1.82, 2.24) is 10.6 Å². The van der Waals surface area contributed by atoms with Crippen molar-refractivity contribution in [2.24, 2.45) is 4.99 Å². The van der Waals surface area contributed by atoms with Crippen LogP contribution in [0.25, 0.3) is 0 Å². The van der Waals surface area contributed by atoms with E-state index < -0.39 is 4.92 Å². The zero-order valence-corrected chi connectivity index (χ0v) is 13.4. The first kappa shape index (κ1) is 16.8. The Labute approximate surface area is 139 Å². The summed E-state index contributed by atoms with van der Waals surface area (Å²) in [7, 11) is 1.68. The summed E-state index contributed by atoms with van der Waals surface area (Å²) in [6, 6.07) is 14.0. The molecule has 2 N–H and O–H groups in total. The minimum Gasteiger partial charge on any atom is -0.352 e. The average Bonchev–Trinajstić information content (AvgIpc) is 2.57. The molecular weight excluding hydrogens is 316 g/mol. The molecule has 0 atom stereocenters. The van der Waals surface area contributed by atoms with Crippen LogP contribution in [-0.4, -0.2) is 17.9 Å². The second kappa shape index (κ2) is 8.14. The number of nitro groups is 1. The van der Waals surface area contributed by atoms with Gasteiger partial charge in [0.05, 0.1) is 4.92 Å². The fraction of sp³-hybridized carbons (Fsp3) is 0.188. The highest BCUT2D eigenvalue weighted by atomic mass is 35.5. The number of nitrogens with zero attached hydrogens (tertiary/aromatic N) is 2. The first-order chi connectivity index (χ1) is 11.1. The van der Waals surface area contributed by atoms with Crippen LogP contribution in [0.5, 0.6) is 0 Å². The van der Waals surface area contributed by atoms with Crippen molar-refractivity contribution in [2.75, 3.05) is 7.05 Å². The van der Waals surface area contributed by atoms with E-state index in [2.05, 4.69) is 15.6 Å². The molecular formula is C16H17ClN4O2. The standard InChI is InChI=1S/C16H17ClN4O2/c1-18-16(20-11-13-4-2-3-5-15(13)17)19-10-12-6-8-14(9-7-12)21(22)23/h2-9H,10-11H2,1H3,(H2,18,19,20). The second-order valence-corrected chi connectivity index (χ2v) is 5.20. The molecule has 0 spiro atoms. The lowest BCUT2D eigenvalue weighted by Gasteiger charge is -2.12. The summed E-state index contributed by atoms with van der Waals surface area (Å²) < 4.78 is 0. The molecule has 0 radical (unpaired) electrons. The van der Waals surface area contributed by atoms with Crippen LogP contribution in [0.4, 0.5) is 5.69 Å². The van der Waals surface area contributed by atoms with E-state index in [1.54, 1.807) is 19.2 Å². The molecule has 0 aliphatic carbocycles. The van der Waals surface area contributed by atoms with Crippen molar-refractivity contribution in [3.8, 4) is 0 Å². The topological polar surface area (TPSA) is 79.6 Å². The van der Waals surface area contributed by atoms with Crippen molar-refractivity contribution in [3.05, 3.63) is 74.8 Å². The fourth-order valence-corrected chi connectivity index (χ4v) is 2.17. The Morgan fingerprint density at radius 2 is 1.78 bits per heavy atom. The molecule has 0 saturated carbocycles. The number of hydrogen-bond donors (Lipinski definition) is 2. The van der Waals surface area contributed by atoms with Crippen LogP contribution in [-0.2, 0) is 13.1 Å². The molecule has 0 aliphatic rings. The van der Waals surface area contributed by atoms with Gasteiger partial charge in [-0.1, -0.05) is 41.9 Å². The Balaban J connectivity index is 1.88. The molecule has 0 heterocycles. The van der Waals surface area contributed by atoms with Crippen molar-refractivity contribution in [3.63, 3.8) is 0 Å². The van der Waals surface area contributed by atoms with Crippen molar-refractivity contribution >= 4 is 23.2 Å². The van der Waals surface area contributed by atoms with Crippen LogP contribution >= 0.6 is 11.6 Å². The molecule has 0 aromatic heterocycles. The third kappa shape index (κ3) is 4.96. The number of rotatable bonds is 5. The number of nitrogens with one attached hydrogen (secondary N) is 2. The maximum absolute atomic E-state index is 10.6. The van der Waals surface area contributed by atoms with Crippen LogP contribution in [0.15, 0.2) is 53.5 Å². The third-order valence-electron chi connectivity index (χ3n) is 3.23. The fourth-order valence-electron chi connectivity index (χ4n) is 1.96. The van der Waals surface area contributed by atoms with Crippen LogP contribution in [0, 0.1) is 10.1 Å². The second-order valence-electron chi connectivity index (χ2n) is 4.79. The molecule has 2 rings (SSSR count). The van der Waals surface area contributed by atoms with E-state index in [1.165, 1.54) is 12.1 Å². The van der Waals surface area contributed by atoms with Crippen molar-refractivity contribution < 1.29 is 4.92 Å². The molecule has 2 aromatic carbocycles. The summed E-state index contributed by atoms with van der Waals surface area (Å²) in [5.41, 5.74) is 1.98. The summed E-state index contributed by atoms with van der Waals surface area (Å²) in [5, 5.41) is 17.6. The van der Waals surface area contributed by atoms with Crippen LogP contribution in [0.2, 0.25) is 5.02 Å². The van der Waals surface area contributed by atoms with Crippen LogP contribution in [0.3, 0.4) is 0 Å². The quantitative estimate of drug-likeness (QED) is 0.381. The lowest BCUT2D eigenvalue weighted by atomic mass is 10.2. The SMILES string of the molecule is CN=C(NCc1ccc([N+](=O)[O-])cc1)NCc1ccccc1Cl. The summed E-state index contributed by atoms with van der Waals surface area (Å²) in [6.07, 6.45) is 0. The molecule has 0 unspecified atom stereocenters. The number of nitro benzene ring substituents is 1. The molecule has 120 valence electrons. The largest absolute Gasteiger partial charge is 0.352 e. The van der Waals surface area contributed by atoms with E-state index in [0.717, 1.165) is 11.1 Å². The molecule has 0 amide bonds. The summed E-state index contributed by atoms with van der Waals surface area (Å²) >= 11 is 6.11. The van der Waals surface area contributed by atoms with Gasteiger partial charge >= 0.3 is 0 Å². The molecule has 2 aromatic rings.